The third-order valence-corrected chi connectivity index (χ3v) is 4.89. The third kappa shape index (κ3) is 3.47. The molecule has 1 fully saturated rings. The van der Waals surface area contributed by atoms with Crippen molar-refractivity contribution in [3.63, 3.8) is 0 Å². The zero-order valence-electron chi connectivity index (χ0n) is 11.4. The summed E-state index contributed by atoms with van der Waals surface area (Å²) in [4.78, 5) is 12.0. The molecule has 116 valence electrons. The molecule has 9 nitrogen and oxygen atoms in total. The monoisotopic (exact) mass is 315 g/mol. The summed E-state index contributed by atoms with van der Waals surface area (Å²) in [5.41, 5.74) is 2.01. The van der Waals surface area contributed by atoms with E-state index in [1.165, 1.54) is 12.1 Å². The summed E-state index contributed by atoms with van der Waals surface area (Å²) in [6.07, 6.45) is 0.673. The first-order chi connectivity index (χ1) is 9.83. The Hall–Kier alpha value is -1.75. The maximum Gasteiger partial charge on any atom is 0.291 e. The highest BCUT2D eigenvalue weighted by Gasteiger charge is 2.30. The first kappa shape index (κ1) is 15.6. The summed E-state index contributed by atoms with van der Waals surface area (Å²) < 4.78 is 27.2. The van der Waals surface area contributed by atoms with Gasteiger partial charge in [0.2, 0.25) is 10.0 Å². The molecule has 1 aromatic carbocycles. The predicted octanol–water partition coefficient (Wildman–Crippen LogP) is -0.137. The number of benzene rings is 1. The van der Waals surface area contributed by atoms with Crippen LogP contribution in [0.5, 0.6) is 0 Å². The number of nitrogens with one attached hydrogen (secondary N) is 2. The van der Waals surface area contributed by atoms with E-state index in [2.05, 4.69) is 10.1 Å². The van der Waals surface area contributed by atoms with Gasteiger partial charge in [0.1, 0.15) is 0 Å². The molecule has 0 amide bonds. The van der Waals surface area contributed by atoms with Gasteiger partial charge in [-0.3, -0.25) is 16.0 Å². The molecule has 4 N–H and O–H groups in total. The van der Waals surface area contributed by atoms with Crippen LogP contribution in [0.2, 0.25) is 0 Å². The molecule has 1 heterocycles. The number of nitrogen functional groups attached to an aromatic ring is 1. The Balaban J connectivity index is 2.33. The molecule has 1 saturated heterocycles. The number of nitro benzene ring substituents is 1. The molecule has 2 rings (SSSR count). The fraction of sp³-hybridized carbons (Fsp3) is 0.455. The number of nitro groups is 1. The number of likely N-dealkylation sites (N-methyl/N-ethyl adjacent to an activating group) is 1. The summed E-state index contributed by atoms with van der Waals surface area (Å²) in [6.45, 7) is 1.36. The van der Waals surface area contributed by atoms with E-state index in [1.54, 1.807) is 0 Å². The highest BCUT2D eigenvalue weighted by molar-refractivity contribution is 7.89. The van der Waals surface area contributed by atoms with Crippen LogP contribution in [-0.2, 0) is 10.0 Å². The Morgan fingerprint density at radius 2 is 2.19 bits per heavy atom. The van der Waals surface area contributed by atoms with Crippen LogP contribution in [0.15, 0.2) is 23.1 Å². The molecule has 1 unspecified atom stereocenters. The lowest BCUT2D eigenvalue weighted by atomic mass is 10.3. The second-order valence-electron chi connectivity index (χ2n) is 4.95. The van der Waals surface area contributed by atoms with Crippen molar-refractivity contribution in [2.45, 2.75) is 17.4 Å². The summed E-state index contributed by atoms with van der Waals surface area (Å²) >= 11 is 0. The van der Waals surface area contributed by atoms with Gasteiger partial charge in [-0.1, -0.05) is 0 Å². The Morgan fingerprint density at radius 3 is 2.71 bits per heavy atom. The van der Waals surface area contributed by atoms with E-state index in [0.29, 0.717) is 13.0 Å². The molecule has 1 aromatic rings. The van der Waals surface area contributed by atoms with E-state index in [1.807, 2.05) is 11.9 Å². The zero-order chi connectivity index (χ0) is 15.6. The topological polar surface area (TPSA) is 131 Å². The lowest BCUT2D eigenvalue weighted by Crippen LogP contribution is -2.36. The first-order valence-corrected chi connectivity index (χ1v) is 7.78. The normalized spacial score (nSPS) is 19.6. The Labute approximate surface area is 122 Å². The van der Waals surface area contributed by atoms with Crippen LogP contribution in [0.3, 0.4) is 0 Å². The van der Waals surface area contributed by atoms with Gasteiger partial charge in [-0.05, 0) is 32.1 Å². The van der Waals surface area contributed by atoms with E-state index < -0.39 is 20.6 Å². The molecule has 0 radical (unpaired) electrons. The number of anilines is 1. The quantitative estimate of drug-likeness (QED) is 0.391. The van der Waals surface area contributed by atoms with Crippen molar-refractivity contribution in [2.75, 3.05) is 25.6 Å². The standard InChI is InChI=1S/C11H17N5O4S/c1-15-5-4-9(7-15)14-21(19,20)11-3-2-8(13-12)6-10(11)16(17)18/h2-3,6,9,13-14H,4-5,7,12H2,1H3. The van der Waals surface area contributed by atoms with Crippen LogP contribution in [-0.4, -0.2) is 44.4 Å². The van der Waals surface area contributed by atoms with Crippen LogP contribution in [0.1, 0.15) is 6.42 Å². The van der Waals surface area contributed by atoms with Gasteiger partial charge in [-0.15, -0.1) is 0 Å². The molecule has 1 atom stereocenters. The van der Waals surface area contributed by atoms with Gasteiger partial charge in [0.05, 0.1) is 10.6 Å². The molecule has 0 spiro atoms. The number of hydrogen-bond donors (Lipinski definition) is 3. The molecule has 0 saturated carbocycles. The number of sulfonamides is 1. The van der Waals surface area contributed by atoms with Crippen molar-refractivity contribution >= 4 is 21.4 Å². The van der Waals surface area contributed by atoms with E-state index in [-0.39, 0.29) is 16.6 Å². The molecule has 21 heavy (non-hydrogen) atoms. The number of nitrogens with two attached hydrogens (primary N) is 1. The maximum atomic E-state index is 12.3. The largest absolute Gasteiger partial charge is 0.324 e. The Morgan fingerprint density at radius 1 is 1.48 bits per heavy atom. The van der Waals surface area contributed by atoms with E-state index in [0.717, 1.165) is 12.6 Å². The average Bonchev–Trinajstić information content (AvgIpc) is 2.82. The third-order valence-electron chi connectivity index (χ3n) is 3.32. The van der Waals surface area contributed by atoms with Crippen molar-refractivity contribution < 1.29 is 13.3 Å². The van der Waals surface area contributed by atoms with Crippen LogP contribution in [0, 0.1) is 10.1 Å². The molecule has 1 aliphatic rings. The van der Waals surface area contributed by atoms with Gasteiger partial charge in [0.15, 0.2) is 4.90 Å². The first-order valence-electron chi connectivity index (χ1n) is 6.29. The van der Waals surface area contributed by atoms with Crippen molar-refractivity contribution in [3.8, 4) is 0 Å². The number of hydrogen-bond acceptors (Lipinski definition) is 7. The molecule has 1 aliphatic heterocycles. The minimum absolute atomic E-state index is 0.244. The second-order valence-corrected chi connectivity index (χ2v) is 6.64. The average molecular weight is 315 g/mol. The van der Waals surface area contributed by atoms with Crippen LogP contribution in [0.4, 0.5) is 11.4 Å². The van der Waals surface area contributed by atoms with Crippen LogP contribution >= 0.6 is 0 Å². The lowest BCUT2D eigenvalue weighted by Gasteiger charge is -2.13. The van der Waals surface area contributed by atoms with Gasteiger partial charge in [0.25, 0.3) is 5.69 Å². The lowest BCUT2D eigenvalue weighted by molar-refractivity contribution is -0.387. The maximum absolute atomic E-state index is 12.3. The number of hydrazine groups is 1. The van der Waals surface area contributed by atoms with Crippen molar-refractivity contribution in [3.05, 3.63) is 28.3 Å². The van der Waals surface area contributed by atoms with Gasteiger partial charge >= 0.3 is 0 Å². The highest BCUT2D eigenvalue weighted by Crippen LogP contribution is 2.27. The van der Waals surface area contributed by atoms with Gasteiger partial charge in [-0.25, -0.2) is 13.1 Å². The number of nitrogens with zero attached hydrogens (tertiary/aromatic N) is 2. The summed E-state index contributed by atoms with van der Waals surface area (Å²) in [5, 5.41) is 11.1. The summed E-state index contributed by atoms with van der Waals surface area (Å²) in [7, 11) is -2.07. The van der Waals surface area contributed by atoms with E-state index in [9.17, 15) is 18.5 Å². The number of rotatable bonds is 5. The van der Waals surface area contributed by atoms with Crippen LogP contribution < -0.4 is 16.0 Å². The minimum atomic E-state index is -3.95. The Kier molecular flexibility index (Phi) is 4.42. The SMILES string of the molecule is CN1CCC(NS(=O)(=O)c2ccc(NN)cc2[N+](=O)[O-])C1. The van der Waals surface area contributed by atoms with Crippen molar-refractivity contribution in [1.82, 2.24) is 9.62 Å². The Bertz CT molecular complexity index is 648. The summed E-state index contributed by atoms with van der Waals surface area (Å²) in [5.74, 6) is 5.18. The zero-order valence-corrected chi connectivity index (χ0v) is 12.3. The number of likely N-dealkylation sites (tertiary alicyclic amines) is 1. The minimum Gasteiger partial charge on any atom is -0.324 e. The smallest absolute Gasteiger partial charge is 0.291 e. The molecule has 0 aromatic heterocycles. The fourth-order valence-corrected chi connectivity index (χ4v) is 3.71. The fourth-order valence-electron chi connectivity index (χ4n) is 2.29. The van der Waals surface area contributed by atoms with E-state index >= 15 is 0 Å². The molecule has 10 heteroatoms. The highest BCUT2D eigenvalue weighted by atomic mass is 32.2. The van der Waals surface area contributed by atoms with E-state index in [4.69, 9.17) is 5.84 Å². The molecule has 0 bridgehead atoms. The van der Waals surface area contributed by atoms with Gasteiger partial charge < -0.3 is 10.3 Å². The second kappa shape index (κ2) is 5.93. The van der Waals surface area contributed by atoms with Crippen molar-refractivity contribution in [1.29, 1.82) is 0 Å². The summed E-state index contributed by atoms with van der Waals surface area (Å²) in [6, 6.07) is 3.40. The predicted molar refractivity (Wildman–Crippen MR) is 77.1 cm³/mol. The van der Waals surface area contributed by atoms with Gasteiger partial charge in [-0.2, -0.15) is 0 Å². The van der Waals surface area contributed by atoms with Gasteiger partial charge in [0, 0.05) is 18.7 Å². The van der Waals surface area contributed by atoms with Crippen LogP contribution in [0.25, 0.3) is 0 Å². The van der Waals surface area contributed by atoms with Crippen molar-refractivity contribution in [2.24, 2.45) is 5.84 Å². The molecule has 0 aliphatic carbocycles. The molecular formula is C11H17N5O4S. The molecular weight excluding hydrogens is 298 g/mol.